The smallest absolute Gasteiger partial charge is 0.152 e. The number of anilines is 1. The highest BCUT2D eigenvalue weighted by Crippen LogP contribution is 2.27. The molecule has 0 saturated heterocycles. The number of nitrogens with two attached hydrogens (primary N) is 1. The van der Waals surface area contributed by atoms with Gasteiger partial charge in [-0.1, -0.05) is 0 Å². The van der Waals surface area contributed by atoms with Crippen LogP contribution in [0.3, 0.4) is 0 Å². The summed E-state index contributed by atoms with van der Waals surface area (Å²) in [5.41, 5.74) is 6.70. The summed E-state index contributed by atoms with van der Waals surface area (Å²) in [6.07, 6.45) is 7.69. The second-order valence-corrected chi connectivity index (χ2v) is 4.27. The van der Waals surface area contributed by atoms with Gasteiger partial charge in [0, 0.05) is 23.5 Å². The lowest BCUT2D eigenvalue weighted by Gasteiger charge is -2.06. The first kappa shape index (κ1) is 13.0. The van der Waals surface area contributed by atoms with E-state index in [0.717, 1.165) is 12.4 Å². The van der Waals surface area contributed by atoms with Crippen LogP contribution in [0.1, 0.15) is 0 Å². The molecule has 3 heterocycles. The lowest BCUT2D eigenvalue weighted by molar-refractivity contribution is 0.579. The molecule has 0 saturated carbocycles. The van der Waals surface area contributed by atoms with Crippen molar-refractivity contribution in [3.8, 4) is 22.4 Å². The van der Waals surface area contributed by atoms with Crippen LogP contribution in [0.5, 0.6) is 0 Å². The van der Waals surface area contributed by atoms with Crippen LogP contribution in [-0.4, -0.2) is 19.9 Å². The third-order valence-electron chi connectivity index (χ3n) is 2.83. The van der Waals surface area contributed by atoms with Gasteiger partial charge < -0.3 is 5.73 Å². The summed E-state index contributed by atoms with van der Waals surface area (Å²) in [6, 6.07) is 1.57. The lowest BCUT2D eigenvalue weighted by Crippen LogP contribution is -1.96. The minimum Gasteiger partial charge on any atom is -0.382 e. The molecule has 2 N–H and O–H groups in total. The van der Waals surface area contributed by atoms with Crippen LogP contribution < -0.4 is 5.73 Å². The van der Waals surface area contributed by atoms with Gasteiger partial charge in [0.1, 0.15) is 5.82 Å². The van der Waals surface area contributed by atoms with E-state index in [0.29, 0.717) is 11.3 Å². The van der Waals surface area contributed by atoms with E-state index in [1.165, 1.54) is 24.8 Å². The Morgan fingerprint density at radius 3 is 2.10 bits per heavy atom. The Labute approximate surface area is 118 Å². The third-order valence-corrected chi connectivity index (χ3v) is 2.83. The van der Waals surface area contributed by atoms with Crippen LogP contribution >= 0.6 is 0 Å². The van der Waals surface area contributed by atoms with E-state index in [4.69, 9.17) is 5.73 Å². The Bertz CT molecular complexity index is 787. The van der Waals surface area contributed by atoms with Gasteiger partial charge in [-0.25, -0.2) is 13.8 Å². The van der Waals surface area contributed by atoms with Crippen molar-refractivity contribution in [1.29, 1.82) is 0 Å². The van der Waals surface area contributed by atoms with E-state index >= 15 is 0 Å². The van der Waals surface area contributed by atoms with E-state index in [-0.39, 0.29) is 16.9 Å². The number of nitrogen functional groups attached to an aromatic ring is 1. The van der Waals surface area contributed by atoms with Crippen molar-refractivity contribution in [2.75, 3.05) is 5.73 Å². The molecule has 0 aliphatic carbocycles. The maximum Gasteiger partial charge on any atom is 0.152 e. The van der Waals surface area contributed by atoms with E-state index in [1.54, 1.807) is 6.07 Å². The average molecular weight is 285 g/mol. The molecule has 0 atom stereocenters. The van der Waals surface area contributed by atoms with E-state index in [9.17, 15) is 8.78 Å². The molecular weight excluding hydrogens is 276 g/mol. The predicted octanol–water partition coefficient (Wildman–Crippen LogP) is 2.46. The first-order chi connectivity index (χ1) is 10.1. The minimum absolute atomic E-state index is 0.184. The molecule has 3 aromatic heterocycles. The van der Waals surface area contributed by atoms with E-state index in [1.807, 2.05) is 0 Å². The number of hydrogen-bond acceptors (Lipinski definition) is 5. The Morgan fingerprint density at radius 2 is 1.38 bits per heavy atom. The Balaban J connectivity index is 2.13. The fourth-order valence-corrected chi connectivity index (χ4v) is 1.92. The molecule has 104 valence electrons. The number of hydrogen-bond donors (Lipinski definition) is 1. The highest BCUT2D eigenvalue weighted by molar-refractivity contribution is 5.70. The minimum atomic E-state index is -0.757. The molecule has 0 aliphatic rings. The van der Waals surface area contributed by atoms with Crippen LogP contribution in [-0.2, 0) is 0 Å². The molecule has 0 radical (unpaired) electrons. The largest absolute Gasteiger partial charge is 0.382 e. The first-order valence-electron chi connectivity index (χ1n) is 5.97. The molecule has 0 bridgehead atoms. The second-order valence-electron chi connectivity index (χ2n) is 4.27. The van der Waals surface area contributed by atoms with Crippen molar-refractivity contribution >= 4 is 5.82 Å². The molecule has 0 spiro atoms. The van der Waals surface area contributed by atoms with Gasteiger partial charge in [-0.15, -0.1) is 0 Å². The van der Waals surface area contributed by atoms with Gasteiger partial charge in [0.2, 0.25) is 0 Å². The summed E-state index contributed by atoms with van der Waals surface area (Å²) in [7, 11) is 0. The zero-order valence-corrected chi connectivity index (χ0v) is 10.7. The standard InChI is InChI=1S/C14H9F2N5/c15-10-4-19-5-11(16)14(10)9-1-8(2-18-3-9)12-6-20-7-13(17)21-12/h1-7H,(H2,17,21). The van der Waals surface area contributed by atoms with Crippen LogP contribution in [0, 0.1) is 11.6 Å². The molecule has 0 fully saturated rings. The predicted molar refractivity (Wildman–Crippen MR) is 72.8 cm³/mol. The molecule has 7 heteroatoms. The van der Waals surface area contributed by atoms with Gasteiger partial charge in [-0.05, 0) is 6.07 Å². The monoisotopic (exact) mass is 285 g/mol. The maximum absolute atomic E-state index is 13.8. The van der Waals surface area contributed by atoms with E-state index < -0.39 is 11.6 Å². The Kier molecular flexibility index (Phi) is 3.23. The maximum atomic E-state index is 13.8. The Morgan fingerprint density at radius 1 is 0.762 bits per heavy atom. The number of halogens is 2. The van der Waals surface area contributed by atoms with Crippen molar-refractivity contribution in [1.82, 2.24) is 19.9 Å². The van der Waals surface area contributed by atoms with Crippen LogP contribution in [0.4, 0.5) is 14.6 Å². The van der Waals surface area contributed by atoms with Crippen molar-refractivity contribution in [3.63, 3.8) is 0 Å². The normalized spacial score (nSPS) is 10.6. The number of nitrogens with zero attached hydrogens (tertiary/aromatic N) is 4. The Hall–Kier alpha value is -2.96. The average Bonchev–Trinajstić information content (AvgIpc) is 2.47. The van der Waals surface area contributed by atoms with Crippen molar-refractivity contribution in [3.05, 3.63) is 54.9 Å². The second kappa shape index (κ2) is 5.20. The summed E-state index contributed by atoms with van der Waals surface area (Å²) in [6.45, 7) is 0. The molecule has 3 rings (SSSR count). The van der Waals surface area contributed by atoms with Gasteiger partial charge in [0.15, 0.2) is 11.6 Å². The SMILES string of the molecule is Nc1cncc(-c2cncc(-c3c(F)cncc3F)c2)n1. The molecule has 0 unspecified atom stereocenters. The van der Waals surface area contributed by atoms with Gasteiger partial charge in [-0.3, -0.25) is 15.0 Å². The van der Waals surface area contributed by atoms with Gasteiger partial charge in [0.05, 0.1) is 36.0 Å². The molecule has 21 heavy (non-hydrogen) atoms. The molecule has 0 aliphatic heterocycles. The highest BCUT2D eigenvalue weighted by atomic mass is 19.1. The fraction of sp³-hybridized carbons (Fsp3) is 0. The third kappa shape index (κ3) is 2.53. The summed E-state index contributed by atoms with van der Waals surface area (Å²) in [5.74, 6) is -1.26. The molecule has 5 nitrogen and oxygen atoms in total. The summed E-state index contributed by atoms with van der Waals surface area (Å²) in [5, 5.41) is 0. The lowest BCUT2D eigenvalue weighted by atomic mass is 10.1. The fourth-order valence-electron chi connectivity index (χ4n) is 1.92. The van der Waals surface area contributed by atoms with Gasteiger partial charge in [-0.2, -0.15) is 0 Å². The number of aromatic nitrogens is 4. The molecular formula is C14H9F2N5. The van der Waals surface area contributed by atoms with Crippen molar-refractivity contribution < 1.29 is 8.78 Å². The number of pyridine rings is 2. The van der Waals surface area contributed by atoms with Crippen LogP contribution in [0.2, 0.25) is 0 Å². The molecule has 3 aromatic rings. The quantitative estimate of drug-likeness (QED) is 0.782. The topological polar surface area (TPSA) is 77.6 Å². The molecule has 0 aromatic carbocycles. The summed E-state index contributed by atoms with van der Waals surface area (Å²) >= 11 is 0. The van der Waals surface area contributed by atoms with Crippen LogP contribution in [0.15, 0.2) is 43.2 Å². The first-order valence-corrected chi connectivity index (χ1v) is 5.97. The van der Waals surface area contributed by atoms with Crippen molar-refractivity contribution in [2.24, 2.45) is 0 Å². The summed E-state index contributed by atoms with van der Waals surface area (Å²) in [4.78, 5) is 15.5. The summed E-state index contributed by atoms with van der Waals surface area (Å²) < 4.78 is 27.5. The van der Waals surface area contributed by atoms with Crippen LogP contribution in [0.25, 0.3) is 22.4 Å². The van der Waals surface area contributed by atoms with E-state index in [2.05, 4.69) is 19.9 Å². The molecule has 0 amide bonds. The van der Waals surface area contributed by atoms with Gasteiger partial charge >= 0.3 is 0 Å². The zero-order valence-electron chi connectivity index (χ0n) is 10.7. The number of rotatable bonds is 2. The zero-order chi connectivity index (χ0) is 14.8. The van der Waals surface area contributed by atoms with Crippen molar-refractivity contribution in [2.45, 2.75) is 0 Å². The highest BCUT2D eigenvalue weighted by Gasteiger charge is 2.13. The van der Waals surface area contributed by atoms with Gasteiger partial charge in [0.25, 0.3) is 0 Å².